The smallest absolute Gasteiger partial charge is 0.115 e. The van der Waals surface area contributed by atoms with Gasteiger partial charge in [0, 0.05) is 4.47 Å². The first-order chi connectivity index (χ1) is 7.33. The molecular formula is C13H10BrF. The van der Waals surface area contributed by atoms with Crippen LogP contribution in [0, 0.1) is 0 Å². The minimum Gasteiger partial charge on any atom is -0.246 e. The van der Waals surface area contributed by atoms with Crippen molar-refractivity contribution in [3.8, 4) is 11.1 Å². The molecule has 0 bridgehead atoms. The molecule has 76 valence electrons. The second-order valence-corrected chi connectivity index (χ2v) is 4.12. The second-order valence-electron chi connectivity index (χ2n) is 3.27. The first-order valence-electron chi connectivity index (χ1n) is 4.71. The van der Waals surface area contributed by atoms with E-state index < -0.39 is 6.67 Å². The van der Waals surface area contributed by atoms with Gasteiger partial charge in [0.15, 0.2) is 0 Å². The summed E-state index contributed by atoms with van der Waals surface area (Å²) >= 11 is 3.47. The van der Waals surface area contributed by atoms with Gasteiger partial charge in [-0.25, -0.2) is 4.39 Å². The molecule has 2 heteroatoms. The lowest BCUT2D eigenvalue weighted by Crippen LogP contribution is -1.86. The fraction of sp³-hybridized carbons (Fsp3) is 0.0769. The molecule has 0 aliphatic heterocycles. The van der Waals surface area contributed by atoms with Gasteiger partial charge in [0.05, 0.1) is 0 Å². The first-order valence-corrected chi connectivity index (χ1v) is 5.51. The van der Waals surface area contributed by atoms with Crippen molar-refractivity contribution in [1.29, 1.82) is 0 Å². The zero-order chi connectivity index (χ0) is 10.7. The van der Waals surface area contributed by atoms with Gasteiger partial charge in [0.1, 0.15) is 6.67 Å². The van der Waals surface area contributed by atoms with E-state index in [0.717, 1.165) is 21.2 Å². The maximum absolute atomic E-state index is 12.8. The number of benzene rings is 2. The number of hydrogen-bond acceptors (Lipinski definition) is 0. The van der Waals surface area contributed by atoms with Gasteiger partial charge in [-0.2, -0.15) is 0 Å². The van der Waals surface area contributed by atoms with Crippen molar-refractivity contribution < 1.29 is 4.39 Å². The van der Waals surface area contributed by atoms with E-state index in [1.54, 1.807) is 0 Å². The zero-order valence-corrected chi connectivity index (χ0v) is 9.67. The van der Waals surface area contributed by atoms with Crippen LogP contribution >= 0.6 is 15.9 Å². The molecule has 0 aromatic heterocycles. The highest BCUT2D eigenvalue weighted by atomic mass is 79.9. The molecule has 15 heavy (non-hydrogen) atoms. The van der Waals surface area contributed by atoms with E-state index >= 15 is 0 Å². The SMILES string of the molecule is FCc1ccccc1-c1ccccc1Br. The third-order valence-electron chi connectivity index (χ3n) is 2.33. The van der Waals surface area contributed by atoms with Gasteiger partial charge in [-0.05, 0) is 22.8 Å². The fourth-order valence-electron chi connectivity index (χ4n) is 1.58. The van der Waals surface area contributed by atoms with Crippen LogP contribution in [0.3, 0.4) is 0 Å². The Labute approximate surface area is 96.9 Å². The van der Waals surface area contributed by atoms with Crippen LogP contribution in [0.15, 0.2) is 53.0 Å². The standard InChI is InChI=1S/C13H10BrF/c14-13-8-4-3-7-12(13)11-6-2-1-5-10(11)9-15/h1-8H,9H2. The zero-order valence-electron chi connectivity index (χ0n) is 8.08. The Morgan fingerprint density at radius 1 is 0.867 bits per heavy atom. The van der Waals surface area contributed by atoms with Gasteiger partial charge in [-0.15, -0.1) is 0 Å². The van der Waals surface area contributed by atoms with Crippen molar-refractivity contribution in [2.75, 3.05) is 0 Å². The van der Waals surface area contributed by atoms with E-state index in [2.05, 4.69) is 15.9 Å². The maximum atomic E-state index is 12.8. The third kappa shape index (κ3) is 2.10. The predicted octanol–water partition coefficient (Wildman–Crippen LogP) is 4.59. The highest BCUT2D eigenvalue weighted by Crippen LogP contribution is 2.30. The predicted molar refractivity (Wildman–Crippen MR) is 64.4 cm³/mol. The topological polar surface area (TPSA) is 0 Å². The molecule has 0 aliphatic carbocycles. The maximum Gasteiger partial charge on any atom is 0.115 e. The van der Waals surface area contributed by atoms with E-state index in [-0.39, 0.29) is 0 Å². The molecule has 0 N–H and O–H groups in total. The van der Waals surface area contributed by atoms with Crippen molar-refractivity contribution in [2.45, 2.75) is 6.67 Å². The van der Waals surface area contributed by atoms with Crippen LogP contribution in [0.2, 0.25) is 0 Å². The molecular weight excluding hydrogens is 255 g/mol. The van der Waals surface area contributed by atoms with Crippen LogP contribution in [0.25, 0.3) is 11.1 Å². The molecule has 0 aliphatic rings. The van der Waals surface area contributed by atoms with Crippen LogP contribution in [0.1, 0.15) is 5.56 Å². The Hall–Kier alpha value is -1.15. The molecule has 0 atom stereocenters. The monoisotopic (exact) mass is 264 g/mol. The summed E-state index contributed by atoms with van der Waals surface area (Å²) in [6.45, 7) is -0.433. The molecule has 2 aromatic rings. The molecule has 0 saturated carbocycles. The average molecular weight is 265 g/mol. The first kappa shape index (κ1) is 10.4. The van der Waals surface area contributed by atoms with Crippen LogP contribution < -0.4 is 0 Å². The minimum atomic E-state index is -0.433. The Morgan fingerprint density at radius 2 is 1.47 bits per heavy atom. The molecule has 0 saturated heterocycles. The fourth-order valence-corrected chi connectivity index (χ4v) is 2.08. The highest BCUT2D eigenvalue weighted by molar-refractivity contribution is 9.10. The van der Waals surface area contributed by atoms with E-state index in [9.17, 15) is 4.39 Å². The van der Waals surface area contributed by atoms with Crippen molar-refractivity contribution in [3.05, 3.63) is 58.6 Å². The van der Waals surface area contributed by atoms with Crippen molar-refractivity contribution in [3.63, 3.8) is 0 Å². The Morgan fingerprint density at radius 3 is 2.13 bits per heavy atom. The summed E-state index contributed by atoms with van der Waals surface area (Å²) in [4.78, 5) is 0. The molecule has 0 fully saturated rings. The van der Waals surface area contributed by atoms with E-state index in [0.29, 0.717) is 0 Å². The Kier molecular flexibility index (Phi) is 3.17. The molecule has 0 amide bonds. The van der Waals surface area contributed by atoms with Crippen molar-refractivity contribution >= 4 is 15.9 Å². The van der Waals surface area contributed by atoms with Crippen LogP contribution in [-0.4, -0.2) is 0 Å². The number of rotatable bonds is 2. The second kappa shape index (κ2) is 4.58. The lowest BCUT2D eigenvalue weighted by molar-refractivity contribution is 0.486. The van der Waals surface area contributed by atoms with E-state index in [1.807, 2.05) is 48.5 Å². The minimum absolute atomic E-state index is 0.433. The molecule has 0 nitrogen and oxygen atoms in total. The molecule has 2 aromatic carbocycles. The Balaban J connectivity index is 2.59. The summed E-state index contributed by atoms with van der Waals surface area (Å²) in [5.74, 6) is 0. The van der Waals surface area contributed by atoms with Gasteiger partial charge in [-0.1, -0.05) is 58.4 Å². The van der Waals surface area contributed by atoms with Gasteiger partial charge in [0.2, 0.25) is 0 Å². The molecule has 0 radical (unpaired) electrons. The van der Waals surface area contributed by atoms with Gasteiger partial charge in [-0.3, -0.25) is 0 Å². The lowest BCUT2D eigenvalue weighted by Gasteiger charge is -2.08. The van der Waals surface area contributed by atoms with Crippen molar-refractivity contribution in [1.82, 2.24) is 0 Å². The number of halogens is 2. The largest absolute Gasteiger partial charge is 0.246 e. The number of hydrogen-bond donors (Lipinski definition) is 0. The summed E-state index contributed by atoms with van der Waals surface area (Å²) in [5, 5.41) is 0. The normalized spacial score (nSPS) is 10.3. The van der Waals surface area contributed by atoms with Gasteiger partial charge < -0.3 is 0 Å². The summed E-state index contributed by atoms with van der Waals surface area (Å²) in [6.07, 6.45) is 0. The molecule has 0 unspecified atom stereocenters. The van der Waals surface area contributed by atoms with Crippen LogP contribution in [0.4, 0.5) is 4.39 Å². The lowest BCUT2D eigenvalue weighted by atomic mass is 10.0. The van der Waals surface area contributed by atoms with Crippen LogP contribution in [0.5, 0.6) is 0 Å². The van der Waals surface area contributed by atoms with E-state index in [4.69, 9.17) is 0 Å². The summed E-state index contributed by atoms with van der Waals surface area (Å²) in [6, 6.07) is 15.4. The highest BCUT2D eigenvalue weighted by Gasteiger charge is 2.06. The third-order valence-corrected chi connectivity index (χ3v) is 3.02. The summed E-state index contributed by atoms with van der Waals surface area (Å²) in [5.41, 5.74) is 2.71. The van der Waals surface area contributed by atoms with Crippen molar-refractivity contribution in [2.24, 2.45) is 0 Å². The van der Waals surface area contributed by atoms with Gasteiger partial charge in [0.25, 0.3) is 0 Å². The average Bonchev–Trinajstić information content (AvgIpc) is 2.30. The van der Waals surface area contributed by atoms with Gasteiger partial charge >= 0.3 is 0 Å². The summed E-state index contributed by atoms with van der Waals surface area (Å²) in [7, 11) is 0. The quantitative estimate of drug-likeness (QED) is 0.745. The number of alkyl halides is 1. The van der Waals surface area contributed by atoms with E-state index in [1.165, 1.54) is 0 Å². The van der Waals surface area contributed by atoms with Crippen LogP contribution in [-0.2, 0) is 6.67 Å². The summed E-state index contributed by atoms with van der Waals surface area (Å²) < 4.78 is 13.8. The molecule has 0 spiro atoms. The molecule has 2 rings (SSSR count). The Bertz CT molecular complexity index is 466. The molecule has 0 heterocycles.